The van der Waals surface area contributed by atoms with Crippen LogP contribution in [0.15, 0.2) is 64.8 Å². The van der Waals surface area contributed by atoms with Gasteiger partial charge < -0.3 is 4.90 Å². The second-order valence-electron chi connectivity index (χ2n) is 7.79. The predicted molar refractivity (Wildman–Crippen MR) is 114 cm³/mol. The van der Waals surface area contributed by atoms with Crippen LogP contribution >= 0.6 is 11.6 Å². The molecule has 0 saturated heterocycles. The molecule has 30 heavy (non-hydrogen) atoms. The zero-order chi connectivity index (χ0) is 20.7. The van der Waals surface area contributed by atoms with E-state index in [2.05, 4.69) is 14.8 Å². The molecule has 0 radical (unpaired) electrons. The lowest BCUT2D eigenvalue weighted by Gasteiger charge is -2.42. The molecule has 7 heteroatoms. The zero-order valence-corrected chi connectivity index (χ0v) is 17.3. The van der Waals surface area contributed by atoms with Gasteiger partial charge in [-0.25, -0.2) is 4.39 Å². The molecule has 0 fully saturated rings. The molecule has 3 heterocycles. The van der Waals surface area contributed by atoms with Crippen LogP contribution in [-0.2, 0) is 17.9 Å². The molecule has 0 N–H and O–H groups in total. The van der Waals surface area contributed by atoms with Gasteiger partial charge in [-0.1, -0.05) is 48.0 Å². The Kier molecular flexibility index (Phi) is 5.05. The molecule has 1 amide bonds. The largest absolute Gasteiger partial charge is 0.314 e. The molecule has 2 aromatic rings. The number of hydrogen-bond donors (Lipinski definition) is 0. The normalized spacial score (nSPS) is 19.1. The summed E-state index contributed by atoms with van der Waals surface area (Å²) in [6, 6.07) is 14.4. The molecule has 2 aromatic carbocycles. The minimum absolute atomic E-state index is 0.0277. The quantitative estimate of drug-likeness (QED) is 0.752. The van der Waals surface area contributed by atoms with Crippen LogP contribution in [0, 0.1) is 5.82 Å². The summed E-state index contributed by atoms with van der Waals surface area (Å²) in [5.74, 6) is 0.489. The molecule has 0 spiro atoms. The Balaban J connectivity index is 1.42. The summed E-state index contributed by atoms with van der Waals surface area (Å²) in [5, 5.41) is 0.639. The van der Waals surface area contributed by atoms with Gasteiger partial charge in [-0.2, -0.15) is 0 Å². The van der Waals surface area contributed by atoms with Crippen molar-refractivity contribution in [1.82, 2.24) is 14.7 Å². The molecule has 0 saturated carbocycles. The van der Waals surface area contributed by atoms with Crippen molar-refractivity contribution in [2.75, 3.05) is 26.2 Å². The third-order valence-electron chi connectivity index (χ3n) is 5.92. The molecule has 3 aliphatic heterocycles. The number of aliphatic imine (C=N–C) groups is 1. The van der Waals surface area contributed by atoms with Crippen molar-refractivity contribution >= 4 is 23.5 Å². The first-order chi connectivity index (χ1) is 14.6. The van der Waals surface area contributed by atoms with Gasteiger partial charge in [0.05, 0.1) is 18.7 Å². The van der Waals surface area contributed by atoms with E-state index in [9.17, 15) is 9.18 Å². The number of halogens is 2. The molecule has 5 rings (SSSR count). The third-order valence-corrected chi connectivity index (χ3v) is 6.29. The van der Waals surface area contributed by atoms with Gasteiger partial charge in [0.1, 0.15) is 5.82 Å². The van der Waals surface area contributed by atoms with Crippen LogP contribution in [0.5, 0.6) is 0 Å². The Hall–Kier alpha value is -2.70. The number of rotatable bonds is 4. The maximum atomic E-state index is 14.1. The van der Waals surface area contributed by atoms with Crippen molar-refractivity contribution in [1.29, 1.82) is 0 Å². The maximum absolute atomic E-state index is 14.1. The van der Waals surface area contributed by atoms with Crippen LogP contribution in [-0.4, -0.2) is 52.7 Å². The third kappa shape index (κ3) is 3.40. The fourth-order valence-corrected chi connectivity index (χ4v) is 4.61. The standard InChI is InChI=1S/C23H22ClFN4O/c24-19-7-3-1-5-16(19)14-29-22(30)18-15-27(13-17-6-2-4-8-20(17)25)11-9-21(18)28-12-10-26-23(28)29/h1-8H,9-15H2. The molecule has 154 valence electrons. The molecule has 0 aliphatic carbocycles. The number of hydrogen-bond acceptors (Lipinski definition) is 4. The van der Waals surface area contributed by atoms with Crippen molar-refractivity contribution in [3.63, 3.8) is 0 Å². The lowest BCUT2D eigenvalue weighted by atomic mass is 10.00. The molecule has 0 aromatic heterocycles. The highest BCUT2D eigenvalue weighted by molar-refractivity contribution is 6.31. The van der Waals surface area contributed by atoms with Crippen molar-refractivity contribution in [3.05, 3.63) is 81.8 Å². The lowest BCUT2D eigenvalue weighted by molar-refractivity contribution is -0.125. The minimum atomic E-state index is -0.207. The number of benzene rings is 2. The van der Waals surface area contributed by atoms with Crippen molar-refractivity contribution in [2.24, 2.45) is 4.99 Å². The Labute approximate surface area is 180 Å². The lowest BCUT2D eigenvalue weighted by Crippen LogP contribution is -2.53. The Morgan fingerprint density at radius 3 is 2.57 bits per heavy atom. The van der Waals surface area contributed by atoms with Gasteiger partial charge in [-0.05, 0) is 17.7 Å². The first-order valence-electron chi connectivity index (χ1n) is 10.2. The van der Waals surface area contributed by atoms with Crippen LogP contribution in [0.1, 0.15) is 17.5 Å². The second kappa shape index (κ2) is 7.85. The summed E-state index contributed by atoms with van der Waals surface area (Å²) >= 11 is 6.35. The van der Waals surface area contributed by atoms with Crippen LogP contribution in [0.2, 0.25) is 5.02 Å². The molecular weight excluding hydrogens is 403 g/mol. The molecule has 0 atom stereocenters. The van der Waals surface area contributed by atoms with E-state index < -0.39 is 0 Å². The van der Waals surface area contributed by atoms with E-state index >= 15 is 0 Å². The van der Waals surface area contributed by atoms with E-state index in [1.165, 1.54) is 6.07 Å². The summed E-state index contributed by atoms with van der Waals surface area (Å²) in [4.78, 5) is 24.2. The topological polar surface area (TPSA) is 39.2 Å². The Morgan fingerprint density at radius 2 is 1.77 bits per heavy atom. The highest BCUT2D eigenvalue weighted by Gasteiger charge is 2.41. The molecule has 0 unspecified atom stereocenters. The van der Waals surface area contributed by atoms with E-state index in [-0.39, 0.29) is 11.7 Å². The van der Waals surface area contributed by atoms with Crippen molar-refractivity contribution < 1.29 is 9.18 Å². The van der Waals surface area contributed by atoms with Gasteiger partial charge in [0.15, 0.2) is 0 Å². The molecule has 5 nitrogen and oxygen atoms in total. The average molecular weight is 425 g/mol. The summed E-state index contributed by atoms with van der Waals surface area (Å²) in [7, 11) is 0. The van der Waals surface area contributed by atoms with E-state index in [0.29, 0.717) is 36.8 Å². The predicted octanol–water partition coefficient (Wildman–Crippen LogP) is 3.65. The number of nitrogens with zero attached hydrogens (tertiary/aromatic N) is 4. The summed E-state index contributed by atoms with van der Waals surface area (Å²) < 4.78 is 14.1. The van der Waals surface area contributed by atoms with Crippen LogP contribution in [0.25, 0.3) is 0 Å². The smallest absolute Gasteiger partial charge is 0.259 e. The van der Waals surface area contributed by atoms with E-state index in [4.69, 9.17) is 11.6 Å². The van der Waals surface area contributed by atoms with Crippen molar-refractivity contribution in [2.45, 2.75) is 19.5 Å². The minimum Gasteiger partial charge on any atom is -0.314 e. The van der Waals surface area contributed by atoms with E-state index in [1.54, 1.807) is 17.0 Å². The second-order valence-corrected chi connectivity index (χ2v) is 8.20. The first-order valence-corrected chi connectivity index (χ1v) is 10.5. The molecule has 3 aliphatic rings. The van der Waals surface area contributed by atoms with Gasteiger partial charge in [-0.15, -0.1) is 0 Å². The van der Waals surface area contributed by atoms with E-state index in [1.807, 2.05) is 30.3 Å². The van der Waals surface area contributed by atoms with Crippen LogP contribution < -0.4 is 0 Å². The average Bonchev–Trinajstić information content (AvgIpc) is 3.24. The molecular formula is C23H22ClFN4O. The summed E-state index contributed by atoms with van der Waals surface area (Å²) in [6.07, 6.45) is 0.758. The fourth-order valence-electron chi connectivity index (χ4n) is 4.42. The highest BCUT2D eigenvalue weighted by atomic mass is 35.5. The fraction of sp³-hybridized carbons (Fsp3) is 0.304. The van der Waals surface area contributed by atoms with Gasteiger partial charge >= 0.3 is 0 Å². The van der Waals surface area contributed by atoms with Gasteiger partial charge in [0, 0.05) is 48.9 Å². The highest BCUT2D eigenvalue weighted by Crippen LogP contribution is 2.33. The number of fused-ring (bicyclic) bond motifs is 2. The monoisotopic (exact) mass is 424 g/mol. The van der Waals surface area contributed by atoms with E-state index in [0.717, 1.165) is 42.3 Å². The number of guanidine groups is 1. The molecule has 0 bridgehead atoms. The Morgan fingerprint density at radius 1 is 1.00 bits per heavy atom. The van der Waals surface area contributed by atoms with Gasteiger partial charge in [0.2, 0.25) is 5.96 Å². The van der Waals surface area contributed by atoms with Gasteiger partial charge in [-0.3, -0.25) is 19.6 Å². The summed E-state index contributed by atoms with van der Waals surface area (Å²) in [5.41, 5.74) is 3.40. The number of carbonyl (C=O) groups excluding carboxylic acids is 1. The SMILES string of the molecule is O=C1C2=C(CCN(Cc3ccccc3F)C2)N2CCN=C2N1Cc1ccccc1Cl. The number of carbonyl (C=O) groups is 1. The Bertz CT molecular complexity index is 1070. The number of amides is 1. The van der Waals surface area contributed by atoms with Crippen LogP contribution in [0.3, 0.4) is 0 Å². The van der Waals surface area contributed by atoms with Crippen molar-refractivity contribution in [3.8, 4) is 0 Å². The van der Waals surface area contributed by atoms with Crippen LogP contribution in [0.4, 0.5) is 4.39 Å². The first kappa shape index (κ1) is 19.3. The maximum Gasteiger partial charge on any atom is 0.259 e. The van der Waals surface area contributed by atoms with Gasteiger partial charge in [0.25, 0.3) is 5.91 Å². The summed E-state index contributed by atoms with van der Waals surface area (Å²) in [6.45, 7) is 3.63. The zero-order valence-electron chi connectivity index (χ0n) is 16.5.